The maximum Gasteiger partial charge on any atom is 0.244 e. The van der Waals surface area contributed by atoms with Crippen LogP contribution in [0.25, 0.3) is 0 Å². The molecule has 0 aromatic carbocycles. The van der Waals surface area contributed by atoms with Gasteiger partial charge in [0.1, 0.15) is 0 Å². The summed E-state index contributed by atoms with van der Waals surface area (Å²) >= 11 is 0. The van der Waals surface area contributed by atoms with Crippen molar-refractivity contribution < 1.29 is 4.79 Å². The van der Waals surface area contributed by atoms with E-state index < -0.39 is 0 Å². The molecule has 1 amide bonds. The third-order valence-corrected chi connectivity index (χ3v) is 1.75. The van der Waals surface area contributed by atoms with Gasteiger partial charge in [-0.3, -0.25) is 4.79 Å². The van der Waals surface area contributed by atoms with E-state index in [1.165, 1.54) is 0 Å². The van der Waals surface area contributed by atoms with Gasteiger partial charge in [0.05, 0.1) is 0 Å². The lowest BCUT2D eigenvalue weighted by molar-refractivity contribution is -0.114. The average molecular weight is 170 g/mol. The number of carbonyl (C=O) groups excluding carboxylic acids is 1. The minimum absolute atomic E-state index is 0.325. The lowest BCUT2D eigenvalue weighted by Gasteiger charge is -1.96. The number of rotatable bonds is 6. The zero-order valence-corrected chi connectivity index (χ0v) is 7.68. The van der Waals surface area contributed by atoms with Crippen molar-refractivity contribution in [3.63, 3.8) is 0 Å². The van der Waals surface area contributed by atoms with Gasteiger partial charge in [-0.25, -0.2) is 0 Å². The number of hydrogen-bond donors (Lipinski definition) is 2. The van der Waals surface area contributed by atoms with Gasteiger partial charge in [0.25, 0.3) is 0 Å². The van der Waals surface area contributed by atoms with E-state index in [0.29, 0.717) is 5.57 Å². The molecule has 0 aromatic heterocycles. The highest BCUT2D eigenvalue weighted by Gasteiger charge is 1.94. The molecule has 0 spiro atoms. The minimum atomic E-state index is -0.325. The molecule has 0 radical (unpaired) electrons. The molecular formula is C9H18N2O. The minimum Gasteiger partial charge on any atom is -0.366 e. The first-order chi connectivity index (χ1) is 5.68. The Kier molecular flexibility index (Phi) is 6.38. The molecule has 70 valence electrons. The molecule has 0 aliphatic carbocycles. The molecule has 0 atom stereocenters. The predicted molar refractivity (Wildman–Crippen MR) is 50.5 cm³/mol. The number of primary amides is 1. The third-order valence-electron chi connectivity index (χ3n) is 1.75. The molecule has 0 aliphatic rings. The van der Waals surface area contributed by atoms with Crippen LogP contribution in [0.2, 0.25) is 0 Å². The number of nitrogens with two attached hydrogens (primary N) is 2. The number of amides is 1. The Morgan fingerprint density at radius 1 is 1.33 bits per heavy atom. The van der Waals surface area contributed by atoms with Crippen molar-refractivity contribution in [2.45, 2.75) is 32.6 Å². The van der Waals surface area contributed by atoms with Crippen LogP contribution in [0.4, 0.5) is 0 Å². The Labute approximate surface area is 73.8 Å². The van der Waals surface area contributed by atoms with E-state index in [2.05, 4.69) is 0 Å². The fraction of sp³-hybridized carbons (Fsp3) is 0.667. The summed E-state index contributed by atoms with van der Waals surface area (Å²) in [5.74, 6) is -0.325. The van der Waals surface area contributed by atoms with Gasteiger partial charge in [-0.05, 0) is 32.7 Å². The fourth-order valence-corrected chi connectivity index (χ4v) is 0.885. The molecule has 0 saturated heterocycles. The summed E-state index contributed by atoms with van der Waals surface area (Å²) in [6.45, 7) is 2.49. The molecule has 4 N–H and O–H groups in total. The molecule has 12 heavy (non-hydrogen) atoms. The maximum absolute atomic E-state index is 10.6. The number of allylic oxidation sites excluding steroid dienone is 1. The van der Waals surface area contributed by atoms with Gasteiger partial charge < -0.3 is 11.5 Å². The van der Waals surface area contributed by atoms with Crippen molar-refractivity contribution >= 4 is 5.91 Å². The van der Waals surface area contributed by atoms with Gasteiger partial charge in [-0.15, -0.1) is 0 Å². The van der Waals surface area contributed by atoms with Crippen molar-refractivity contribution in [3.05, 3.63) is 11.6 Å². The Morgan fingerprint density at radius 2 is 2.00 bits per heavy atom. The Morgan fingerprint density at radius 3 is 2.50 bits per heavy atom. The zero-order valence-electron chi connectivity index (χ0n) is 7.68. The highest BCUT2D eigenvalue weighted by atomic mass is 16.1. The summed E-state index contributed by atoms with van der Waals surface area (Å²) in [4.78, 5) is 10.6. The Hall–Kier alpha value is -0.830. The van der Waals surface area contributed by atoms with E-state index in [4.69, 9.17) is 11.5 Å². The number of unbranched alkanes of at least 4 members (excludes halogenated alkanes) is 3. The topological polar surface area (TPSA) is 69.1 Å². The van der Waals surface area contributed by atoms with Gasteiger partial charge in [-0.1, -0.05) is 12.5 Å². The molecular weight excluding hydrogens is 152 g/mol. The largest absolute Gasteiger partial charge is 0.366 e. The van der Waals surface area contributed by atoms with Crippen molar-refractivity contribution in [3.8, 4) is 0 Å². The molecule has 0 rings (SSSR count). The molecule has 0 fully saturated rings. The second-order valence-corrected chi connectivity index (χ2v) is 2.89. The smallest absolute Gasteiger partial charge is 0.244 e. The van der Waals surface area contributed by atoms with Gasteiger partial charge in [0, 0.05) is 5.57 Å². The van der Waals surface area contributed by atoms with Crippen LogP contribution >= 0.6 is 0 Å². The maximum atomic E-state index is 10.6. The van der Waals surface area contributed by atoms with Crippen LogP contribution in [0, 0.1) is 0 Å². The van der Waals surface area contributed by atoms with Crippen LogP contribution in [0.1, 0.15) is 32.6 Å². The third kappa shape index (κ3) is 5.92. The monoisotopic (exact) mass is 170 g/mol. The average Bonchev–Trinajstić information content (AvgIpc) is 2.03. The van der Waals surface area contributed by atoms with E-state index in [1.807, 2.05) is 6.08 Å². The van der Waals surface area contributed by atoms with Crippen LogP contribution in [-0.4, -0.2) is 12.5 Å². The second-order valence-electron chi connectivity index (χ2n) is 2.89. The van der Waals surface area contributed by atoms with Gasteiger partial charge in [0.2, 0.25) is 5.91 Å². The molecule has 0 saturated carbocycles. The Balaban J connectivity index is 3.40. The van der Waals surface area contributed by atoms with Crippen molar-refractivity contribution in [1.82, 2.24) is 0 Å². The van der Waals surface area contributed by atoms with Crippen LogP contribution < -0.4 is 11.5 Å². The first kappa shape index (κ1) is 11.2. The second kappa shape index (κ2) is 6.85. The molecule has 0 aromatic rings. The summed E-state index contributed by atoms with van der Waals surface area (Å²) < 4.78 is 0. The molecule has 3 nitrogen and oxygen atoms in total. The van der Waals surface area contributed by atoms with Crippen molar-refractivity contribution in [2.75, 3.05) is 6.54 Å². The van der Waals surface area contributed by atoms with Crippen LogP contribution in [-0.2, 0) is 4.79 Å². The Bertz CT molecular complexity index is 164. The lowest BCUT2D eigenvalue weighted by Crippen LogP contribution is -2.11. The number of carbonyl (C=O) groups is 1. The van der Waals surface area contributed by atoms with E-state index in [0.717, 1.165) is 32.2 Å². The fourth-order valence-electron chi connectivity index (χ4n) is 0.885. The number of hydrogen-bond acceptors (Lipinski definition) is 2. The van der Waals surface area contributed by atoms with Crippen molar-refractivity contribution in [2.24, 2.45) is 11.5 Å². The summed E-state index contributed by atoms with van der Waals surface area (Å²) in [5.41, 5.74) is 11.0. The van der Waals surface area contributed by atoms with E-state index in [9.17, 15) is 4.79 Å². The highest BCUT2D eigenvalue weighted by Crippen LogP contribution is 2.02. The normalized spacial score (nSPS) is 11.7. The first-order valence-corrected chi connectivity index (χ1v) is 4.35. The van der Waals surface area contributed by atoms with E-state index in [-0.39, 0.29) is 5.91 Å². The summed E-state index contributed by atoms with van der Waals surface area (Å²) in [7, 11) is 0. The molecule has 0 unspecified atom stereocenters. The van der Waals surface area contributed by atoms with E-state index >= 15 is 0 Å². The lowest BCUT2D eigenvalue weighted by atomic mass is 10.1. The quantitative estimate of drug-likeness (QED) is 0.460. The summed E-state index contributed by atoms with van der Waals surface area (Å²) in [6.07, 6.45) is 6.08. The van der Waals surface area contributed by atoms with Crippen molar-refractivity contribution in [1.29, 1.82) is 0 Å². The molecule has 0 heterocycles. The van der Waals surface area contributed by atoms with Gasteiger partial charge in [-0.2, -0.15) is 0 Å². The predicted octanol–water partition coefficient (Wildman–Crippen LogP) is 0.937. The molecule has 0 bridgehead atoms. The van der Waals surface area contributed by atoms with E-state index in [1.54, 1.807) is 6.92 Å². The molecule has 3 heteroatoms. The standard InChI is InChI=1S/C9H18N2O/c1-8(9(11)12)6-4-2-3-5-7-10/h6H,2-5,7,10H2,1H3,(H2,11,12). The van der Waals surface area contributed by atoms with Crippen LogP contribution in [0.5, 0.6) is 0 Å². The molecule has 0 aliphatic heterocycles. The summed E-state index contributed by atoms with van der Waals surface area (Å²) in [6, 6.07) is 0. The van der Waals surface area contributed by atoms with Gasteiger partial charge in [0.15, 0.2) is 0 Å². The first-order valence-electron chi connectivity index (χ1n) is 4.35. The summed E-state index contributed by atoms with van der Waals surface area (Å²) in [5, 5.41) is 0. The van der Waals surface area contributed by atoms with Gasteiger partial charge >= 0.3 is 0 Å². The zero-order chi connectivity index (χ0) is 9.40. The van der Waals surface area contributed by atoms with Crippen LogP contribution in [0.15, 0.2) is 11.6 Å². The highest BCUT2D eigenvalue weighted by molar-refractivity contribution is 5.91. The SMILES string of the molecule is CC(=CCCCCCN)C(N)=O. The van der Waals surface area contributed by atoms with Crippen LogP contribution in [0.3, 0.4) is 0 Å².